The zero-order valence-electron chi connectivity index (χ0n) is 24.9. The predicted octanol–water partition coefficient (Wildman–Crippen LogP) is 10.7. The van der Waals surface area contributed by atoms with Crippen LogP contribution in [0, 0.1) is 20.8 Å². The van der Waals surface area contributed by atoms with E-state index in [-0.39, 0.29) is 0 Å². The van der Waals surface area contributed by atoms with Crippen LogP contribution in [0.3, 0.4) is 0 Å². The van der Waals surface area contributed by atoms with Crippen LogP contribution in [0.2, 0.25) is 0 Å². The highest BCUT2D eigenvalue weighted by Crippen LogP contribution is 2.36. The van der Waals surface area contributed by atoms with E-state index < -0.39 is 0 Å². The second-order valence-electron chi connectivity index (χ2n) is 11.4. The number of aromatic nitrogens is 2. The highest BCUT2D eigenvalue weighted by Gasteiger charge is 2.18. The summed E-state index contributed by atoms with van der Waals surface area (Å²) in [6, 6.07) is 31.4. The van der Waals surface area contributed by atoms with Crippen molar-refractivity contribution in [3.05, 3.63) is 143 Å². The van der Waals surface area contributed by atoms with Crippen LogP contribution in [0.1, 0.15) is 47.0 Å². The molecule has 0 atom stereocenters. The second-order valence-corrected chi connectivity index (χ2v) is 11.4. The molecule has 0 radical (unpaired) electrons. The number of nitrogens with zero attached hydrogens (tertiary/aromatic N) is 2. The fourth-order valence-corrected chi connectivity index (χ4v) is 6.87. The van der Waals surface area contributed by atoms with Gasteiger partial charge in [-0.05, 0) is 111 Å². The number of benzene rings is 4. The number of allylic oxidation sites excluding steroid dienone is 4. The standard InChI is InChI=1S/C40H36N2/c1-5-14-34-29(4)41(38-19-12-10-16-35(34)38)30-21-23-32(27(2)25-30)33-24-22-31(26-28(33)3)42-39-18-9-7-6-8-15-36(39)37-17-11-13-20-40(37)42/h5-7,9-14,16-26H,8,15H2,1-4H3/b7-6-,14-5-,18-9-. The van der Waals surface area contributed by atoms with Crippen molar-refractivity contribution >= 4 is 34.0 Å². The Morgan fingerprint density at radius 3 is 1.95 bits per heavy atom. The summed E-state index contributed by atoms with van der Waals surface area (Å²) in [5.74, 6) is 0. The Morgan fingerprint density at radius 2 is 1.29 bits per heavy atom. The van der Waals surface area contributed by atoms with Crippen molar-refractivity contribution in [2.24, 2.45) is 0 Å². The van der Waals surface area contributed by atoms with Crippen molar-refractivity contribution < 1.29 is 0 Å². The lowest BCUT2D eigenvalue weighted by Gasteiger charge is -2.16. The van der Waals surface area contributed by atoms with Gasteiger partial charge in [0.05, 0.1) is 16.7 Å². The topological polar surface area (TPSA) is 9.86 Å². The molecule has 206 valence electrons. The molecule has 1 aliphatic rings. The lowest BCUT2D eigenvalue weighted by atomic mass is 9.95. The summed E-state index contributed by atoms with van der Waals surface area (Å²) in [6.45, 7) is 8.79. The van der Waals surface area contributed by atoms with Gasteiger partial charge in [-0.15, -0.1) is 0 Å². The van der Waals surface area contributed by atoms with Gasteiger partial charge >= 0.3 is 0 Å². The van der Waals surface area contributed by atoms with E-state index in [2.05, 4.69) is 158 Å². The smallest absolute Gasteiger partial charge is 0.0537 e. The van der Waals surface area contributed by atoms with Gasteiger partial charge in [0.15, 0.2) is 0 Å². The largest absolute Gasteiger partial charge is 0.313 e. The number of rotatable bonds is 4. The van der Waals surface area contributed by atoms with Crippen LogP contribution in [-0.4, -0.2) is 9.13 Å². The summed E-state index contributed by atoms with van der Waals surface area (Å²) < 4.78 is 4.83. The third-order valence-electron chi connectivity index (χ3n) is 8.80. The Kier molecular flexibility index (Phi) is 6.55. The first-order chi connectivity index (χ1) is 20.6. The summed E-state index contributed by atoms with van der Waals surface area (Å²) in [7, 11) is 0. The molecule has 0 fully saturated rings. The summed E-state index contributed by atoms with van der Waals surface area (Å²) in [6.07, 6.45) is 15.4. The van der Waals surface area contributed by atoms with Gasteiger partial charge in [-0.3, -0.25) is 0 Å². The molecule has 1 aliphatic carbocycles. The van der Waals surface area contributed by atoms with Crippen molar-refractivity contribution in [2.45, 2.75) is 40.5 Å². The third-order valence-corrected chi connectivity index (χ3v) is 8.80. The van der Waals surface area contributed by atoms with Gasteiger partial charge in [0.2, 0.25) is 0 Å². The molecule has 0 bridgehead atoms. The Morgan fingerprint density at radius 1 is 0.667 bits per heavy atom. The average Bonchev–Trinajstić information content (AvgIpc) is 3.44. The van der Waals surface area contributed by atoms with Gasteiger partial charge in [0.25, 0.3) is 0 Å². The van der Waals surface area contributed by atoms with Crippen molar-refractivity contribution in [2.75, 3.05) is 0 Å². The number of para-hydroxylation sites is 2. The fraction of sp³-hybridized carbons (Fsp3) is 0.150. The Balaban J connectivity index is 1.32. The van der Waals surface area contributed by atoms with Gasteiger partial charge in [-0.1, -0.05) is 78.9 Å². The van der Waals surface area contributed by atoms with Crippen LogP contribution in [0.5, 0.6) is 0 Å². The molecule has 0 saturated heterocycles. The molecular formula is C40H36N2. The van der Waals surface area contributed by atoms with Crippen LogP contribution >= 0.6 is 0 Å². The van der Waals surface area contributed by atoms with Crippen molar-refractivity contribution in [1.29, 1.82) is 0 Å². The fourth-order valence-electron chi connectivity index (χ4n) is 6.87. The van der Waals surface area contributed by atoms with Crippen LogP contribution in [0.25, 0.3) is 56.5 Å². The molecule has 6 aromatic rings. The molecule has 0 spiro atoms. The van der Waals surface area contributed by atoms with Crippen molar-refractivity contribution in [3.8, 4) is 22.5 Å². The highest BCUT2D eigenvalue weighted by molar-refractivity contribution is 5.93. The summed E-state index contributed by atoms with van der Waals surface area (Å²) in [4.78, 5) is 0. The van der Waals surface area contributed by atoms with E-state index >= 15 is 0 Å². The molecule has 42 heavy (non-hydrogen) atoms. The van der Waals surface area contributed by atoms with Gasteiger partial charge < -0.3 is 9.13 Å². The lowest BCUT2D eigenvalue weighted by Crippen LogP contribution is -2.01. The van der Waals surface area contributed by atoms with Crippen LogP contribution in [0.15, 0.2) is 109 Å². The maximum absolute atomic E-state index is 2.44. The zero-order chi connectivity index (χ0) is 28.8. The zero-order valence-corrected chi connectivity index (χ0v) is 24.9. The quantitative estimate of drug-likeness (QED) is 0.209. The van der Waals surface area contributed by atoms with E-state index in [0.717, 1.165) is 12.8 Å². The van der Waals surface area contributed by atoms with Gasteiger partial charge in [-0.2, -0.15) is 0 Å². The molecule has 0 saturated carbocycles. The summed E-state index contributed by atoms with van der Waals surface area (Å²) >= 11 is 0. The van der Waals surface area contributed by atoms with E-state index in [0.29, 0.717) is 0 Å². The van der Waals surface area contributed by atoms with Crippen molar-refractivity contribution in [3.63, 3.8) is 0 Å². The van der Waals surface area contributed by atoms with Crippen LogP contribution in [-0.2, 0) is 6.42 Å². The molecule has 0 unspecified atom stereocenters. The Labute approximate surface area is 248 Å². The highest BCUT2D eigenvalue weighted by atomic mass is 15.0. The third kappa shape index (κ3) is 4.18. The number of hydrogen-bond acceptors (Lipinski definition) is 0. The first kappa shape index (κ1) is 26.1. The molecule has 4 aromatic carbocycles. The molecule has 2 nitrogen and oxygen atoms in total. The normalized spacial score (nSPS) is 14.8. The molecule has 0 aliphatic heterocycles. The van der Waals surface area contributed by atoms with E-state index in [1.165, 1.54) is 77.9 Å². The summed E-state index contributed by atoms with van der Waals surface area (Å²) in [5.41, 5.74) is 15.3. The average molecular weight is 545 g/mol. The van der Waals surface area contributed by atoms with Gasteiger partial charge in [-0.25, -0.2) is 0 Å². The van der Waals surface area contributed by atoms with Crippen LogP contribution < -0.4 is 0 Å². The molecule has 2 aromatic heterocycles. The van der Waals surface area contributed by atoms with E-state index in [9.17, 15) is 0 Å². The van der Waals surface area contributed by atoms with Crippen LogP contribution in [0.4, 0.5) is 0 Å². The maximum atomic E-state index is 2.44. The second kappa shape index (κ2) is 10.5. The molecular weight excluding hydrogens is 508 g/mol. The molecule has 0 N–H and O–H groups in total. The van der Waals surface area contributed by atoms with Gasteiger partial charge in [0.1, 0.15) is 0 Å². The first-order valence-electron chi connectivity index (χ1n) is 15.0. The van der Waals surface area contributed by atoms with Crippen molar-refractivity contribution in [1.82, 2.24) is 9.13 Å². The SMILES string of the molecule is C/C=C\c1c(C)n(-c2ccc(-c3ccc(-n4c5c(c6ccccc64)CC/C=C\C=C/5)cc3C)c(C)c2)c2ccccc12. The minimum absolute atomic E-state index is 1.05. The Hall–Kier alpha value is -4.82. The number of fused-ring (bicyclic) bond motifs is 4. The molecule has 2 heteroatoms. The first-order valence-corrected chi connectivity index (χ1v) is 15.0. The molecule has 2 heterocycles. The lowest BCUT2D eigenvalue weighted by molar-refractivity contribution is 0.983. The minimum Gasteiger partial charge on any atom is -0.313 e. The monoisotopic (exact) mass is 544 g/mol. The predicted molar refractivity (Wildman–Crippen MR) is 181 cm³/mol. The number of aryl methyl sites for hydroxylation is 3. The number of hydrogen-bond donors (Lipinski definition) is 0. The minimum atomic E-state index is 1.05. The molecule has 7 rings (SSSR count). The van der Waals surface area contributed by atoms with E-state index in [4.69, 9.17) is 0 Å². The summed E-state index contributed by atoms with van der Waals surface area (Å²) in [5, 5.41) is 2.64. The van der Waals surface area contributed by atoms with E-state index in [1.807, 2.05) is 0 Å². The van der Waals surface area contributed by atoms with Gasteiger partial charge in [0, 0.05) is 33.4 Å². The Bertz CT molecular complexity index is 2070. The molecule has 0 amide bonds. The van der Waals surface area contributed by atoms with E-state index in [1.54, 1.807) is 0 Å². The maximum Gasteiger partial charge on any atom is 0.0537 e.